The van der Waals surface area contributed by atoms with Crippen molar-refractivity contribution in [3.63, 3.8) is 0 Å². The van der Waals surface area contributed by atoms with Gasteiger partial charge in [-0.15, -0.1) is 0 Å². The second-order valence-corrected chi connectivity index (χ2v) is 9.99. The maximum absolute atomic E-state index is 13.8. The molecule has 3 aromatic rings. The van der Waals surface area contributed by atoms with E-state index in [4.69, 9.17) is 28.3 Å². The van der Waals surface area contributed by atoms with Crippen LogP contribution in [0.2, 0.25) is 0 Å². The number of aliphatic imine (C=N–C) groups is 1. The van der Waals surface area contributed by atoms with E-state index in [-0.39, 0.29) is 31.2 Å². The zero-order chi connectivity index (χ0) is 32.1. The van der Waals surface area contributed by atoms with E-state index in [9.17, 15) is 19.2 Å². The van der Waals surface area contributed by atoms with Gasteiger partial charge in [0.25, 0.3) is 0 Å². The number of anilines is 1. The largest absolute Gasteiger partial charge is 0.384 e. The van der Waals surface area contributed by atoms with Gasteiger partial charge in [0.15, 0.2) is 5.96 Å². The highest BCUT2D eigenvalue weighted by Crippen LogP contribution is 2.19. The third-order valence-electron chi connectivity index (χ3n) is 6.67. The lowest BCUT2D eigenvalue weighted by Gasteiger charge is -2.24. The number of guanidine groups is 1. The van der Waals surface area contributed by atoms with Crippen molar-refractivity contribution >= 4 is 41.1 Å². The van der Waals surface area contributed by atoms with Crippen LogP contribution in [0.5, 0.6) is 0 Å². The monoisotopic (exact) mass is 599 g/mol. The number of carbonyl (C=O) groups excluding carboxylic acids is 4. The summed E-state index contributed by atoms with van der Waals surface area (Å²) in [6.45, 7) is 0.229. The predicted molar refractivity (Wildman–Crippen MR) is 168 cm³/mol. The minimum atomic E-state index is -1.26. The number of hydrogen-bond acceptors (Lipinski definition) is 6. The molecule has 0 bridgehead atoms. The lowest BCUT2D eigenvalue weighted by Crippen LogP contribution is -2.51. The van der Waals surface area contributed by atoms with Crippen LogP contribution in [0.3, 0.4) is 0 Å². The lowest BCUT2D eigenvalue weighted by atomic mass is 9.95. The van der Waals surface area contributed by atoms with Crippen LogP contribution in [-0.4, -0.2) is 48.0 Å². The highest BCUT2D eigenvalue weighted by molar-refractivity contribution is 6.07. The van der Waals surface area contributed by atoms with E-state index >= 15 is 0 Å². The van der Waals surface area contributed by atoms with Crippen molar-refractivity contribution in [1.29, 1.82) is 5.41 Å². The molecule has 0 saturated heterocycles. The molecule has 3 aromatic carbocycles. The zero-order valence-corrected chi connectivity index (χ0v) is 24.0. The average Bonchev–Trinajstić information content (AvgIpc) is 3.00. The van der Waals surface area contributed by atoms with Crippen LogP contribution in [-0.2, 0) is 25.6 Å². The van der Waals surface area contributed by atoms with Crippen LogP contribution < -0.4 is 38.9 Å². The molecule has 0 aliphatic heterocycles. The molecule has 230 valence electrons. The number of nitrogens with zero attached hydrogens (tertiary/aromatic N) is 1. The highest BCUT2D eigenvalue weighted by atomic mass is 16.2. The Morgan fingerprint density at radius 3 is 1.93 bits per heavy atom. The molecule has 13 nitrogen and oxygen atoms in total. The number of nitrogens with two attached hydrogens (primary N) is 4. The van der Waals surface area contributed by atoms with Gasteiger partial charge in [0.2, 0.25) is 23.6 Å². The van der Waals surface area contributed by atoms with Crippen LogP contribution >= 0.6 is 0 Å². The van der Waals surface area contributed by atoms with Crippen molar-refractivity contribution in [2.75, 3.05) is 11.9 Å². The fourth-order valence-corrected chi connectivity index (χ4v) is 4.34. The summed E-state index contributed by atoms with van der Waals surface area (Å²) in [5.74, 6) is -4.25. The van der Waals surface area contributed by atoms with Gasteiger partial charge in [0, 0.05) is 17.8 Å². The number of rotatable bonds is 15. The molecule has 13 heteroatoms. The predicted octanol–water partition coefficient (Wildman–Crippen LogP) is 0.649. The molecular formula is C31H37N9O4. The molecule has 12 N–H and O–H groups in total. The average molecular weight is 600 g/mol. The first-order valence-electron chi connectivity index (χ1n) is 13.8. The molecular weight excluding hydrogens is 562 g/mol. The number of carbonyl (C=O) groups is 4. The zero-order valence-electron chi connectivity index (χ0n) is 24.0. The Morgan fingerprint density at radius 2 is 1.36 bits per heavy atom. The molecule has 1 unspecified atom stereocenters. The first kappa shape index (κ1) is 32.8. The summed E-state index contributed by atoms with van der Waals surface area (Å²) in [6, 6.07) is 21.4. The summed E-state index contributed by atoms with van der Waals surface area (Å²) < 4.78 is 0. The Labute approximate surface area is 255 Å². The molecule has 0 radical (unpaired) electrons. The van der Waals surface area contributed by atoms with Crippen molar-refractivity contribution in [2.45, 2.75) is 31.3 Å². The van der Waals surface area contributed by atoms with Crippen LogP contribution in [0.4, 0.5) is 5.69 Å². The maximum atomic E-state index is 13.8. The summed E-state index contributed by atoms with van der Waals surface area (Å²) in [5, 5.41) is 15.7. The topological polar surface area (TPSA) is 245 Å². The summed E-state index contributed by atoms with van der Waals surface area (Å²) in [6.07, 6.45) is 0.504. The number of amidine groups is 1. The Hall–Kier alpha value is -5.72. The molecule has 0 spiro atoms. The van der Waals surface area contributed by atoms with Crippen molar-refractivity contribution in [3.8, 4) is 0 Å². The minimum Gasteiger partial charge on any atom is -0.384 e. The first-order valence-corrected chi connectivity index (χ1v) is 13.8. The van der Waals surface area contributed by atoms with Crippen molar-refractivity contribution in [3.05, 3.63) is 102 Å². The Balaban J connectivity index is 1.87. The van der Waals surface area contributed by atoms with Crippen LogP contribution in [0, 0.1) is 11.3 Å². The van der Waals surface area contributed by atoms with E-state index in [0.717, 1.165) is 0 Å². The summed E-state index contributed by atoms with van der Waals surface area (Å²) in [4.78, 5) is 56.8. The molecule has 0 heterocycles. The minimum absolute atomic E-state index is 0.0134. The van der Waals surface area contributed by atoms with Gasteiger partial charge in [-0.05, 0) is 42.5 Å². The van der Waals surface area contributed by atoms with Gasteiger partial charge in [-0.2, -0.15) is 0 Å². The van der Waals surface area contributed by atoms with Crippen LogP contribution in [0.1, 0.15) is 35.6 Å². The SMILES string of the molecule is N=C(N)c1ccc(CC(C(=O)Nc2ccccc2)C(=O)N[C@H](C(=O)N[C@@H](CCCN=C(N)N)C(N)=O)c2ccccc2)cc1. The van der Waals surface area contributed by atoms with Crippen molar-refractivity contribution < 1.29 is 19.2 Å². The van der Waals surface area contributed by atoms with E-state index in [1.165, 1.54) is 0 Å². The van der Waals surface area contributed by atoms with Gasteiger partial charge < -0.3 is 38.9 Å². The molecule has 4 amide bonds. The normalized spacial score (nSPS) is 12.5. The van der Waals surface area contributed by atoms with Gasteiger partial charge in [-0.3, -0.25) is 29.6 Å². The van der Waals surface area contributed by atoms with E-state index in [2.05, 4.69) is 20.9 Å². The number of para-hydroxylation sites is 1. The number of benzene rings is 3. The molecule has 3 rings (SSSR count). The maximum Gasteiger partial charge on any atom is 0.247 e. The van der Waals surface area contributed by atoms with Gasteiger partial charge >= 0.3 is 0 Å². The molecule has 0 aliphatic carbocycles. The quantitative estimate of drug-likeness (QED) is 0.0536. The van der Waals surface area contributed by atoms with Crippen molar-refractivity contribution in [2.24, 2.45) is 33.8 Å². The van der Waals surface area contributed by atoms with Gasteiger partial charge in [-0.1, -0.05) is 72.8 Å². The van der Waals surface area contributed by atoms with Crippen LogP contribution in [0.15, 0.2) is 89.9 Å². The van der Waals surface area contributed by atoms with Gasteiger partial charge in [0.1, 0.15) is 23.8 Å². The fraction of sp³-hybridized carbons (Fsp3) is 0.226. The Bertz CT molecular complexity index is 1470. The second kappa shape index (κ2) is 16.1. The van der Waals surface area contributed by atoms with E-state index in [0.29, 0.717) is 28.8 Å². The highest BCUT2D eigenvalue weighted by Gasteiger charge is 2.33. The van der Waals surface area contributed by atoms with Gasteiger partial charge in [-0.25, -0.2) is 0 Å². The first-order chi connectivity index (χ1) is 21.0. The smallest absolute Gasteiger partial charge is 0.247 e. The molecule has 0 aliphatic rings. The number of primary amides is 1. The third-order valence-corrected chi connectivity index (χ3v) is 6.67. The number of amides is 4. The number of nitrogen functional groups attached to an aromatic ring is 1. The molecule has 0 fully saturated rings. The number of hydrogen-bond donors (Lipinski definition) is 8. The summed E-state index contributed by atoms with van der Waals surface area (Å²) in [5.41, 5.74) is 23.8. The number of nitrogens with one attached hydrogen (secondary N) is 4. The third kappa shape index (κ3) is 9.98. The molecule has 0 aromatic heterocycles. The summed E-state index contributed by atoms with van der Waals surface area (Å²) in [7, 11) is 0. The fourth-order valence-electron chi connectivity index (χ4n) is 4.34. The van der Waals surface area contributed by atoms with Crippen LogP contribution in [0.25, 0.3) is 0 Å². The van der Waals surface area contributed by atoms with E-state index < -0.39 is 41.6 Å². The lowest BCUT2D eigenvalue weighted by molar-refractivity contribution is -0.136. The summed E-state index contributed by atoms with van der Waals surface area (Å²) >= 11 is 0. The molecule has 0 saturated carbocycles. The standard InChI is InChI=1S/C31H37N9O4/c32-26(33)21-15-13-19(14-16-21)18-23(28(42)38-22-10-5-2-6-11-22)29(43)40-25(20-8-3-1-4-9-20)30(44)39-24(27(34)41)12-7-17-37-31(35)36/h1-6,8-11,13-16,23-25H,7,12,17-18H2,(H3,32,33)(H2,34,41)(H,38,42)(H,39,44)(H,40,43)(H4,35,36,37)/t23?,24-,25-/m0/s1. The molecule has 3 atom stereocenters. The second-order valence-electron chi connectivity index (χ2n) is 9.99. The van der Waals surface area contributed by atoms with E-state index in [1.54, 1.807) is 84.9 Å². The van der Waals surface area contributed by atoms with Gasteiger partial charge in [0.05, 0.1) is 0 Å². The Kier molecular flexibility index (Phi) is 12.0. The van der Waals surface area contributed by atoms with Crippen molar-refractivity contribution in [1.82, 2.24) is 10.6 Å². The Morgan fingerprint density at radius 1 is 0.750 bits per heavy atom. The van der Waals surface area contributed by atoms with E-state index in [1.807, 2.05) is 0 Å². The molecule has 44 heavy (non-hydrogen) atoms.